The van der Waals surface area contributed by atoms with Crippen LogP contribution < -0.4 is 0 Å². The molecule has 0 atom stereocenters. The third-order valence-electron chi connectivity index (χ3n) is 2.35. The second-order valence-electron chi connectivity index (χ2n) is 4.12. The maximum Gasteiger partial charge on any atom is 0.330 e. The van der Waals surface area contributed by atoms with Crippen LogP contribution in [0.3, 0.4) is 0 Å². The van der Waals surface area contributed by atoms with Gasteiger partial charge in [-0.25, -0.2) is 4.79 Å². The standard InChI is InChI=1S/C15H27ClO7/c1-2-15(17)23-14-13-22-12-11-21-10-9-20-8-7-19-6-5-18-4-3-16/h2H,1,3-14H2. The van der Waals surface area contributed by atoms with Gasteiger partial charge in [0, 0.05) is 12.0 Å². The predicted molar refractivity (Wildman–Crippen MR) is 86.0 cm³/mol. The summed E-state index contributed by atoms with van der Waals surface area (Å²) in [6.07, 6.45) is 1.11. The highest BCUT2D eigenvalue weighted by Gasteiger charge is 1.95. The summed E-state index contributed by atoms with van der Waals surface area (Å²) in [7, 11) is 0. The van der Waals surface area contributed by atoms with Crippen molar-refractivity contribution in [3.63, 3.8) is 0 Å². The molecule has 0 unspecified atom stereocenters. The lowest BCUT2D eigenvalue weighted by Gasteiger charge is -2.07. The fraction of sp³-hybridized carbons (Fsp3) is 0.800. The van der Waals surface area contributed by atoms with Crippen LogP contribution in [-0.4, -0.2) is 84.5 Å². The molecule has 7 nitrogen and oxygen atoms in total. The molecule has 0 saturated carbocycles. The van der Waals surface area contributed by atoms with Crippen LogP contribution in [0.5, 0.6) is 0 Å². The Morgan fingerprint density at radius 1 is 0.696 bits per heavy atom. The molecule has 0 spiro atoms. The molecule has 0 fully saturated rings. The highest BCUT2D eigenvalue weighted by atomic mass is 35.5. The van der Waals surface area contributed by atoms with Gasteiger partial charge >= 0.3 is 5.97 Å². The SMILES string of the molecule is C=CC(=O)OCCOCCOCCOCCOCCOCCCl. The van der Waals surface area contributed by atoms with Crippen LogP contribution in [0.15, 0.2) is 12.7 Å². The minimum Gasteiger partial charge on any atom is -0.460 e. The van der Waals surface area contributed by atoms with E-state index >= 15 is 0 Å². The number of ether oxygens (including phenoxy) is 6. The zero-order valence-electron chi connectivity index (χ0n) is 13.5. The normalized spacial score (nSPS) is 10.7. The van der Waals surface area contributed by atoms with Crippen LogP contribution in [0.4, 0.5) is 0 Å². The Balaban J connectivity index is 3.00. The van der Waals surface area contributed by atoms with E-state index in [-0.39, 0.29) is 6.61 Å². The molecule has 0 aromatic rings. The lowest BCUT2D eigenvalue weighted by atomic mass is 10.6. The molecule has 0 heterocycles. The van der Waals surface area contributed by atoms with Crippen molar-refractivity contribution >= 4 is 17.6 Å². The summed E-state index contributed by atoms with van der Waals surface area (Å²) in [4.78, 5) is 10.7. The first-order chi connectivity index (χ1) is 11.3. The molecule has 0 aliphatic rings. The van der Waals surface area contributed by atoms with Gasteiger partial charge in [0.15, 0.2) is 0 Å². The van der Waals surface area contributed by atoms with E-state index < -0.39 is 5.97 Å². The molecule has 0 amide bonds. The Kier molecular flexibility index (Phi) is 18.8. The Bertz CT molecular complexity index is 277. The van der Waals surface area contributed by atoms with Crippen molar-refractivity contribution in [3.8, 4) is 0 Å². The van der Waals surface area contributed by atoms with Gasteiger partial charge in [-0.3, -0.25) is 0 Å². The molecule has 0 saturated heterocycles. The van der Waals surface area contributed by atoms with E-state index in [2.05, 4.69) is 6.58 Å². The summed E-state index contributed by atoms with van der Waals surface area (Å²) in [5.41, 5.74) is 0. The summed E-state index contributed by atoms with van der Waals surface area (Å²) < 4.78 is 31.0. The Labute approximate surface area is 142 Å². The number of hydrogen-bond acceptors (Lipinski definition) is 7. The fourth-order valence-corrected chi connectivity index (χ4v) is 1.41. The molecule has 0 aliphatic carbocycles. The zero-order chi connectivity index (χ0) is 17.0. The lowest BCUT2D eigenvalue weighted by Crippen LogP contribution is -2.14. The van der Waals surface area contributed by atoms with E-state index in [0.29, 0.717) is 71.9 Å². The molecule has 0 radical (unpaired) electrons. The Morgan fingerprint density at radius 2 is 1.04 bits per heavy atom. The average Bonchev–Trinajstić information content (AvgIpc) is 2.57. The fourth-order valence-electron chi connectivity index (χ4n) is 1.30. The highest BCUT2D eigenvalue weighted by Crippen LogP contribution is 1.85. The highest BCUT2D eigenvalue weighted by molar-refractivity contribution is 6.17. The first-order valence-electron chi connectivity index (χ1n) is 7.55. The van der Waals surface area contributed by atoms with Crippen molar-refractivity contribution in [2.45, 2.75) is 0 Å². The van der Waals surface area contributed by atoms with Gasteiger partial charge in [-0.15, -0.1) is 11.6 Å². The molecule has 0 aromatic carbocycles. The van der Waals surface area contributed by atoms with Crippen LogP contribution in [0.25, 0.3) is 0 Å². The Hall–Kier alpha value is -0.700. The van der Waals surface area contributed by atoms with Crippen LogP contribution in [0.2, 0.25) is 0 Å². The topological polar surface area (TPSA) is 72.5 Å². The summed E-state index contributed by atoms with van der Waals surface area (Å²) in [5, 5.41) is 0. The van der Waals surface area contributed by atoms with Crippen LogP contribution in [-0.2, 0) is 33.2 Å². The largest absolute Gasteiger partial charge is 0.460 e. The third kappa shape index (κ3) is 19.3. The molecular formula is C15H27ClO7. The maximum atomic E-state index is 10.7. The van der Waals surface area contributed by atoms with E-state index in [4.69, 9.17) is 40.0 Å². The molecule has 0 bridgehead atoms. The van der Waals surface area contributed by atoms with Crippen molar-refractivity contribution in [3.05, 3.63) is 12.7 Å². The maximum absolute atomic E-state index is 10.7. The molecule has 0 aromatic heterocycles. The second-order valence-corrected chi connectivity index (χ2v) is 4.50. The van der Waals surface area contributed by atoms with Gasteiger partial charge in [0.05, 0.1) is 66.1 Å². The van der Waals surface area contributed by atoms with Gasteiger partial charge in [0.1, 0.15) is 6.61 Å². The van der Waals surface area contributed by atoms with E-state index in [1.807, 2.05) is 0 Å². The number of esters is 1. The van der Waals surface area contributed by atoms with Crippen molar-refractivity contribution in [1.29, 1.82) is 0 Å². The van der Waals surface area contributed by atoms with Gasteiger partial charge in [-0.2, -0.15) is 0 Å². The number of alkyl halides is 1. The summed E-state index contributed by atoms with van der Waals surface area (Å²) in [5.74, 6) is 0.0467. The first kappa shape index (κ1) is 22.3. The van der Waals surface area contributed by atoms with Gasteiger partial charge in [0.2, 0.25) is 0 Å². The quantitative estimate of drug-likeness (QED) is 0.157. The van der Waals surface area contributed by atoms with E-state index in [9.17, 15) is 4.79 Å². The van der Waals surface area contributed by atoms with Gasteiger partial charge < -0.3 is 28.4 Å². The number of carbonyl (C=O) groups is 1. The summed E-state index contributed by atoms with van der Waals surface area (Å²) >= 11 is 5.46. The van der Waals surface area contributed by atoms with Crippen LogP contribution >= 0.6 is 11.6 Å². The minimum absolute atomic E-state index is 0.213. The van der Waals surface area contributed by atoms with Crippen molar-refractivity contribution in [2.75, 3.05) is 78.6 Å². The number of halogens is 1. The molecule has 136 valence electrons. The minimum atomic E-state index is -0.450. The smallest absolute Gasteiger partial charge is 0.330 e. The van der Waals surface area contributed by atoms with Crippen molar-refractivity contribution < 1.29 is 33.2 Å². The van der Waals surface area contributed by atoms with E-state index in [0.717, 1.165) is 6.08 Å². The molecule has 0 aliphatic heterocycles. The average molecular weight is 355 g/mol. The summed E-state index contributed by atoms with van der Waals surface area (Å²) in [6, 6.07) is 0. The zero-order valence-corrected chi connectivity index (χ0v) is 14.3. The van der Waals surface area contributed by atoms with Crippen LogP contribution in [0.1, 0.15) is 0 Å². The predicted octanol–water partition coefficient (Wildman–Crippen LogP) is 1.04. The molecule has 0 N–H and O–H groups in total. The number of hydrogen-bond donors (Lipinski definition) is 0. The third-order valence-corrected chi connectivity index (χ3v) is 2.50. The van der Waals surface area contributed by atoms with Crippen LogP contribution in [0, 0.1) is 0 Å². The monoisotopic (exact) mass is 354 g/mol. The number of rotatable bonds is 18. The van der Waals surface area contributed by atoms with Gasteiger partial charge in [-0.05, 0) is 0 Å². The van der Waals surface area contributed by atoms with E-state index in [1.54, 1.807) is 0 Å². The Morgan fingerprint density at radius 3 is 1.39 bits per heavy atom. The number of carbonyl (C=O) groups excluding carboxylic acids is 1. The molecule has 0 rings (SSSR count). The van der Waals surface area contributed by atoms with Gasteiger partial charge in [0.25, 0.3) is 0 Å². The molecule has 23 heavy (non-hydrogen) atoms. The summed E-state index contributed by atoms with van der Waals surface area (Å²) in [6.45, 7) is 8.42. The van der Waals surface area contributed by atoms with Crippen molar-refractivity contribution in [2.24, 2.45) is 0 Å². The second kappa shape index (κ2) is 19.3. The van der Waals surface area contributed by atoms with E-state index in [1.165, 1.54) is 0 Å². The molecular weight excluding hydrogens is 328 g/mol. The van der Waals surface area contributed by atoms with Crippen molar-refractivity contribution in [1.82, 2.24) is 0 Å². The lowest BCUT2D eigenvalue weighted by molar-refractivity contribution is -0.139. The first-order valence-corrected chi connectivity index (χ1v) is 8.08. The molecule has 8 heteroatoms. The van der Waals surface area contributed by atoms with Gasteiger partial charge in [-0.1, -0.05) is 6.58 Å².